The van der Waals surface area contributed by atoms with Crippen molar-refractivity contribution < 1.29 is 31.9 Å². The molecule has 1 heterocycles. The maximum atomic E-state index is 13.6. The molecule has 1 aliphatic carbocycles. The Morgan fingerprint density at radius 3 is 2.58 bits per heavy atom. The third-order valence-corrected chi connectivity index (χ3v) is 5.70. The molecule has 0 unspecified atom stereocenters. The van der Waals surface area contributed by atoms with Crippen molar-refractivity contribution in [2.45, 2.75) is 58.0 Å². The van der Waals surface area contributed by atoms with Crippen LogP contribution in [-0.2, 0) is 22.3 Å². The van der Waals surface area contributed by atoms with Crippen molar-refractivity contribution in [3.8, 4) is 0 Å². The van der Waals surface area contributed by atoms with Gasteiger partial charge in [0, 0.05) is 19.1 Å². The van der Waals surface area contributed by atoms with Crippen LogP contribution >= 0.6 is 0 Å². The molecule has 1 saturated carbocycles. The lowest BCUT2D eigenvalue weighted by atomic mass is 9.79. The molecule has 172 valence electrons. The van der Waals surface area contributed by atoms with Gasteiger partial charge in [-0.3, -0.25) is 4.79 Å². The monoisotopic (exact) mass is 445 g/mol. The molecule has 0 aromatic heterocycles. The van der Waals surface area contributed by atoms with Crippen LogP contribution in [0.2, 0.25) is 0 Å². The van der Waals surface area contributed by atoms with Crippen LogP contribution in [0.4, 0.5) is 22.4 Å². The molecule has 2 aliphatic rings. The lowest BCUT2D eigenvalue weighted by Gasteiger charge is -2.27. The molecule has 1 aromatic rings. The Bertz CT molecular complexity index is 853. The Morgan fingerprint density at radius 2 is 1.94 bits per heavy atom. The largest absolute Gasteiger partial charge is 0.444 e. The second-order valence-electron chi connectivity index (χ2n) is 9.30. The molecular weight excluding hydrogens is 418 g/mol. The van der Waals surface area contributed by atoms with E-state index in [1.165, 1.54) is 0 Å². The first-order chi connectivity index (χ1) is 14.3. The Labute approximate surface area is 178 Å². The van der Waals surface area contributed by atoms with Crippen molar-refractivity contribution in [2.75, 3.05) is 13.1 Å². The molecule has 3 N–H and O–H groups in total. The number of halogens is 4. The van der Waals surface area contributed by atoms with Gasteiger partial charge in [-0.25, -0.2) is 9.18 Å². The Hall–Kier alpha value is -2.36. The SMILES string of the molecule is CC(C)(C)OC(=O)N[C@@H]1C[C@H]2CNC[C@@]2(C(=O)NCc2cc(F)cc(C(F)(F)F)c2)C1. The zero-order valence-electron chi connectivity index (χ0n) is 17.7. The highest BCUT2D eigenvalue weighted by molar-refractivity contribution is 5.84. The lowest BCUT2D eigenvalue weighted by molar-refractivity contribution is -0.137. The maximum Gasteiger partial charge on any atom is 0.416 e. The van der Waals surface area contributed by atoms with Crippen molar-refractivity contribution in [2.24, 2.45) is 11.3 Å². The number of rotatable bonds is 4. The summed E-state index contributed by atoms with van der Waals surface area (Å²) in [4.78, 5) is 25.1. The first-order valence-corrected chi connectivity index (χ1v) is 10.1. The molecule has 31 heavy (non-hydrogen) atoms. The number of carbonyl (C=O) groups is 2. The van der Waals surface area contributed by atoms with E-state index in [4.69, 9.17) is 4.74 Å². The molecule has 2 amide bonds. The highest BCUT2D eigenvalue weighted by atomic mass is 19.4. The van der Waals surface area contributed by atoms with Crippen LogP contribution in [0.1, 0.15) is 44.7 Å². The Balaban J connectivity index is 1.65. The van der Waals surface area contributed by atoms with Gasteiger partial charge in [0.15, 0.2) is 0 Å². The van der Waals surface area contributed by atoms with Crippen LogP contribution < -0.4 is 16.0 Å². The van der Waals surface area contributed by atoms with Crippen molar-refractivity contribution in [3.63, 3.8) is 0 Å². The Kier molecular flexibility index (Phi) is 6.23. The molecule has 0 spiro atoms. The van der Waals surface area contributed by atoms with Crippen LogP contribution in [0, 0.1) is 17.2 Å². The molecule has 3 atom stereocenters. The van der Waals surface area contributed by atoms with E-state index in [1.807, 2.05) is 0 Å². The van der Waals surface area contributed by atoms with Gasteiger partial charge in [-0.05, 0) is 69.8 Å². The maximum absolute atomic E-state index is 13.6. The quantitative estimate of drug-likeness (QED) is 0.621. The predicted molar refractivity (Wildman–Crippen MR) is 104 cm³/mol. The highest BCUT2D eigenvalue weighted by Gasteiger charge is 2.55. The van der Waals surface area contributed by atoms with E-state index in [1.54, 1.807) is 20.8 Å². The molecule has 6 nitrogen and oxygen atoms in total. The second-order valence-corrected chi connectivity index (χ2v) is 9.30. The molecule has 0 bridgehead atoms. The van der Waals surface area contributed by atoms with E-state index >= 15 is 0 Å². The van der Waals surface area contributed by atoms with Gasteiger partial charge in [-0.1, -0.05) is 0 Å². The average Bonchev–Trinajstić information content (AvgIpc) is 3.14. The number of benzene rings is 1. The number of hydrogen-bond donors (Lipinski definition) is 3. The number of carbonyl (C=O) groups excluding carboxylic acids is 2. The van der Waals surface area contributed by atoms with Gasteiger partial charge >= 0.3 is 12.3 Å². The molecule has 2 fully saturated rings. The van der Waals surface area contributed by atoms with E-state index in [0.29, 0.717) is 32.0 Å². The number of fused-ring (bicyclic) bond motifs is 1. The number of alkyl carbamates (subject to hydrolysis) is 1. The number of hydrogen-bond acceptors (Lipinski definition) is 4. The van der Waals surface area contributed by atoms with Crippen molar-refractivity contribution in [1.29, 1.82) is 0 Å². The van der Waals surface area contributed by atoms with Crippen LogP contribution in [0.3, 0.4) is 0 Å². The molecule has 3 rings (SSSR count). The van der Waals surface area contributed by atoms with Crippen LogP contribution in [0.15, 0.2) is 18.2 Å². The summed E-state index contributed by atoms with van der Waals surface area (Å²) in [5, 5.41) is 8.65. The van der Waals surface area contributed by atoms with E-state index in [9.17, 15) is 27.2 Å². The average molecular weight is 445 g/mol. The Morgan fingerprint density at radius 1 is 1.23 bits per heavy atom. The summed E-state index contributed by atoms with van der Waals surface area (Å²) in [6, 6.07) is 1.97. The minimum Gasteiger partial charge on any atom is -0.444 e. The standard InChI is InChI=1S/C21H27F4N3O3/c1-19(2,3)31-18(30)28-16-7-14-10-26-11-20(14,8-16)17(29)27-9-12-4-13(21(23,24)25)6-15(22)5-12/h4-6,14,16,26H,7-11H2,1-3H3,(H,27,29)(H,28,30)/t14-,16+,20-/m0/s1. The van der Waals surface area contributed by atoms with Gasteiger partial charge in [-0.15, -0.1) is 0 Å². The topological polar surface area (TPSA) is 79.5 Å². The normalized spacial score (nSPS) is 25.8. The summed E-state index contributed by atoms with van der Waals surface area (Å²) in [7, 11) is 0. The molecule has 0 radical (unpaired) electrons. The highest BCUT2D eigenvalue weighted by Crippen LogP contribution is 2.46. The number of amides is 2. The summed E-state index contributed by atoms with van der Waals surface area (Å²) >= 11 is 0. The number of nitrogens with one attached hydrogen (secondary N) is 3. The van der Waals surface area contributed by atoms with Gasteiger partial charge in [0.05, 0.1) is 11.0 Å². The molecule has 1 aromatic carbocycles. The third kappa shape index (κ3) is 5.47. The molecular formula is C21H27F4N3O3. The van der Waals surface area contributed by atoms with E-state index in [2.05, 4.69) is 16.0 Å². The van der Waals surface area contributed by atoms with E-state index < -0.39 is 34.7 Å². The summed E-state index contributed by atoms with van der Waals surface area (Å²) < 4.78 is 57.6. The minimum atomic E-state index is -4.67. The second kappa shape index (κ2) is 8.29. The predicted octanol–water partition coefficient (Wildman–Crippen LogP) is 3.35. The summed E-state index contributed by atoms with van der Waals surface area (Å²) in [5.74, 6) is -1.38. The first-order valence-electron chi connectivity index (χ1n) is 10.1. The lowest BCUT2D eigenvalue weighted by Crippen LogP contribution is -2.45. The number of alkyl halides is 3. The zero-order chi connectivity index (χ0) is 23.0. The van der Waals surface area contributed by atoms with E-state index in [0.717, 1.165) is 12.1 Å². The van der Waals surface area contributed by atoms with Crippen molar-refractivity contribution >= 4 is 12.0 Å². The van der Waals surface area contributed by atoms with Gasteiger partial charge < -0.3 is 20.7 Å². The molecule has 1 saturated heterocycles. The fourth-order valence-electron chi connectivity index (χ4n) is 4.44. The molecule has 10 heteroatoms. The summed E-state index contributed by atoms with van der Waals surface area (Å²) in [6.45, 7) is 6.03. The third-order valence-electron chi connectivity index (χ3n) is 5.70. The van der Waals surface area contributed by atoms with Gasteiger partial charge in [0.2, 0.25) is 5.91 Å². The minimum absolute atomic E-state index is 0.0287. The molecule has 1 aliphatic heterocycles. The smallest absolute Gasteiger partial charge is 0.416 e. The van der Waals surface area contributed by atoms with Gasteiger partial charge in [0.25, 0.3) is 0 Å². The fourth-order valence-corrected chi connectivity index (χ4v) is 4.44. The fraction of sp³-hybridized carbons (Fsp3) is 0.619. The van der Waals surface area contributed by atoms with Gasteiger partial charge in [-0.2, -0.15) is 13.2 Å². The zero-order valence-corrected chi connectivity index (χ0v) is 17.7. The summed E-state index contributed by atoms with van der Waals surface area (Å²) in [6.07, 6.45) is -4.27. The van der Waals surface area contributed by atoms with E-state index in [-0.39, 0.29) is 30.0 Å². The van der Waals surface area contributed by atoms with Crippen LogP contribution in [0.25, 0.3) is 0 Å². The number of ether oxygens (including phenoxy) is 1. The van der Waals surface area contributed by atoms with Crippen molar-refractivity contribution in [3.05, 3.63) is 35.1 Å². The van der Waals surface area contributed by atoms with Crippen LogP contribution in [0.5, 0.6) is 0 Å². The van der Waals surface area contributed by atoms with Gasteiger partial charge in [0.1, 0.15) is 11.4 Å². The van der Waals surface area contributed by atoms with Crippen molar-refractivity contribution in [1.82, 2.24) is 16.0 Å². The van der Waals surface area contributed by atoms with Crippen LogP contribution in [-0.4, -0.2) is 36.7 Å². The first kappa shape index (κ1) is 23.3. The summed E-state index contributed by atoms with van der Waals surface area (Å²) in [5.41, 5.74) is -2.51.